The molecule has 2 heterocycles. The fraction of sp³-hybridized carbons (Fsp3) is 0.706. The molecule has 0 bridgehead atoms. The zero-order valence-electron chi connectivity index (χ0n) is 13.4. The van der Waals surface area contributed by atoms with Gasteiger partial charge in [-0.25, -0.2) is 0 Å². The van der Waals surface area contributed by atoms with Gasteiger partial charge in [-0.2, -0.15) is 0 Å². The summed E-state index contributed by atoms with van der Waals surface area (Å²) in [7, 11) is 0. The Hall–Kier alpha value is -0.930. The molecule has 3 heteroatoms. The van der Waals surface area contributed by atoms with E-state index in [1.54, 1.807) is 0 Å². The fourth-order valence-electron chi connectivity index (χ4n) is 3.06. The third-order valence-corrected chi connectivity index (χ3v) is 4.72. The van der Waals surface area contributed by atoms with Crippen LogP contribution in [0.25, 0.3) is 0 Å². The molecule has 1 aliphatic heterocycles. The molecule has 0 amide bonds. The monoisotopic (exact) mass is 275 g/mol. The van der Waals surface area contributed by atoms with Crippen LogP contribution in [-0.2, 0) is 6.42 Å². The molecular formula is C17H29N3. The van der Waals surface area contributed by atoms with Crippen LogP contribution in [0, 0.1) is 5.92 Å². The highest BCUT2D eigenvalue weighted by atomic mass is 15.3. The Morgan fingerprint density at radius 1 is 1.50 bits per heavy atom. The molecule has 20 heavy (non-hydrogen) atoms. The number of aromatic nitrogens is 1. The van der Waals surface area contributed by atoms with Gasteiger partial charge >= 0.3 is 0 Å². The Morgan fingerprint density at radius 2 is 2.30 bits per heavy atom. The van der Waals surface area contributed by atoms with Gasteiger partial charge in [0.25, 0.3) is 0 Å². The summed E-state index contributed by atoms with van der Waals surface area (Å²) >= 11 is 0. The van der Waals surface area contributed by atoms with Gasteiger partial charge < -0.3 is 5.32 Å². The highest BCUT2D eigenvalue weighted by Crippen LogP contribution is 2.23. The van der Waals surface area contributed by atoms with Crippen LogP contribution in [0.2, 0.25) is 0 Å². The lowest BCUT2D eigenvalue weighted by Gasteiger charge is -2.47. The van der Waals surface area contributed by atoms with E-state index in [1.165, 1.54) is 12.0 Å². The third kappa shape index (κ3) is 3.80. The van der Waals surface area contributed by atoms with E-state index in [0.29, 0.717) is 12.0 Å². The standard InChI is InChI=1S/C17H29N3/c1-5-17(4)13-20(16(12-19-17)14(2)3)10-8-15-7-6-9-18-11-15/h6-7,9,11,14,16,19H,5,8,10,12-13H2,1-4H3. The minimum atomic E-state index is 0.264. The minimum Gasteiger partial charge on any atom is -0.309 e. The second kappa shape index (κ2) is 6.68. The Morgan fingerprint density at radius 3 is 2.90 bits per heavy atom. The van der Waals surface area contributed by atoms with E-state index >= 15 is 0 Å². The number of pyridine rings is 1. The predicted octanol–water partition coefficient (Wildman–Crippen LogP) is 2.72. The molecule has 0 aliphatic carbocycles. The van der Waals surface area contributed by atoms with Crippen LogP contribution in [-0.4, -0.2) is 41.1 Å². The summed E-state index contributed by atoms with van der Waals surface area (Å²) in [5.74, 6) is 0.692. The SMILES string of the molecule is CCC1(C)CN(CCc2cccnc2)C(C(C)C)CN1. The molecule has 0 radical (unpaired) electrons. The zero-order valence-corrected chi connectivity index (χ0v) is 13.4. The van der Waals surface area contributed by atoms with Crippen molar-refractivity contribution < 1.29 is 0 Å². The van der Waals surface area contributed by atoms with Gasteiger partial charge in [0, 0.05) is 43.6 Å². The van der Waals surface area contributed by atoms with Crippen molar-refractivity contribution in [1.82, 2.24) is 15.2 Å². The Balaban J connectivity index is 2.00. The van der Waals surface area contributed by atoms with E-state index in [1.807, 2.05) is 18.5 Å². The lowest BCUT2D eigenvalue weighted by atomic mass is 9.89. The maximum absolute atomic E-state index is 4.22. The van der Waals surface area contributed by atoms with E-state index in [-0.39, 0.29) is 5.54 Å². The van der Waals surface area contributed by atoms with Gasteiger partial charge in [-0.1, -0.05) is 26.8 Å². The molecule has 0 aromatic carbocycles. The molecular weight excluding hydrogens is 246 g/mol. The average molecular weight is 275 g/mol. The summed E-state index contributed by atoms with van der Waals surface area (Å²) < 4.78 is 0. The smallest absolute Gasteiger partial charge is 0.0300 e. The summed E-state index contributed by atoms with van der Waals surface area (Å²) in [6.45, 7) is 12.7. The molecule has 2 atom stereocenters. The van der Waals surface area contributed by atoms with Gasteiger partial charge in [-0.15, -0.1) is 0 Å². The Bertz CT molecular complexity index is 404. The first kappa shape index (κ1) is 15.5. The van der Waals surface area contributed by atoms with Gasteiger partial charge in [0.05, 0.1) is 0 Å². The first-order valence-corrected chi connectivity index (χ1v) is 7.92. The number of rotatable bonds is 5. The Labute approximate surface area is 123 Å². The van der Waals surface area contributed by atoms with E-state index in [2.05, 4.69) is 49.0 Å². The molecule has 1 fully saturated rings. The normalized spacial score (nSPS) is 27.9. The first-order valence-electron chi connectivity index (χ1n) is 7.92. The number of hydrogen-bond donors (Lipinski definition) is 1. The molecule has 1 N–H and O–H groups in total. The third-order valence-electron chi connectivity index (χ3n) is 4.72. The number of hydrogen-bond acceptors (Lipinski definition) is 3. The van der Waals surface area contributed by atoms with Crippen molar-refractivity contribution in [1.29, 1.82) is 0 Å². The van der Waals surface area contributed by atoms with Crippen LogP contribution >= 0.6 is 0 Å². The number of nitrogens with one attached hydrogen (secondary N) is 1. The topological polar surface area (TPSA) is 28.2 Å². The largest absolute Gasteiger partial charge is 0.309 e. The minimum absolute atomic E-state index is 0.264. The van der Waals surface area contributed by atoms with Crippen LogP contribution in [0.1, 0.15) is 39.7 Å². The number of piperazine rings is 1. The molecule has 0 saturated carbocycles. The van der Waals surface area contributed by atoms with Crippen molar-refractivity contribution in [2.75, 3.05) is 19.6 Å². The summed E-state index contributed by atoms with van der Waals surface area (Å²) in [6.07, 6.45) is 6.11. The second-order valence-corrected chi connectivity index (χ2v) is 6.69. The van der Waals surface area contributed by atoms with E-state index < -0.39 is 0 Å². The predicted molar refractivity (Wildman–Crippen MR) is 84.8 cm³/mol. The molecule has 1 saturated heterocycles. The quantitative estimate of drug-likeness (QED) is 0.895. The summed E-state index contributed by atoms with van der Waals surface area (Å²) in [5.41, 5.74) is 1.60. The molecule has 1 aromatic heterocycles. The Kier molecular flexibility index (Phi) is 5.17. The summed E-state index contributed by atoms with van der Waals surface area (Å²) in [6, 6.07) is 4.85. The van der Waals surface area contributed by atoms with Crippen LogP contribution in [0.3, 0.4) is 0 Å². The van der Waals surface area contributed by atoms with Crippen molar-refractivity contribution in [3.8, 4) is 0 Å². The fourth-order valence-corrected chi connectivity index (χ4v) is 3.06. The first-order chi connectivity index (χ1) is 9.54. The maximum atomic E-state index is 4.22. The van der Waals surface area contributed by atoms with Crippen LogP contribution < -0.4 is 5.32 Å². The molecule has 0 spiro atoms. The van der Waals surface area contributed by atoms with E-state index in [9.17, 15) is 0 Å². The molecule has 112 valence electrons. The molecule has 2 unspecified atom stereocenters. The number of nitrogens with zero attached hydrogens (tertiary/aromatic N) is 2. The van der Waals surface area contributed by atoms with Crippen molar-refractivity contribution in [3.63, 3.8) is 0 Å². The zero-order chi connectivity index (χ0) is 14.6. The maximum Gasteiger partial charge on any atom is 0.0300 e. The summed E-state index contributed by atoms with van der Waals surface area (Å²) in [5, 5.41) is 3.75. The molecule has 3 nitrogen and oxygen atoms in total. The van der Waals surface area contributed by atoms with Gasteiger partial charge in [-0.05, 0) is 37.3 Å². The van der Waals surface area contributed by atoms with Crippen molar-refractivity contribution in [2.45, 2.75) is 52.1 Å². The van der Waals surface area contributed by atoms with Gasteiger partial charge in [0.1, 0.15) is 0 Å². The van der Waals surface area contributed by atoms with Gasteiger partial charge in [-0.3, -0.25) is 9.88 Å². The van der Waals surface area contributed by atoms with Crippen molar-refractivity contribution >= 4 is 0 Å². The van der Waals surface area contributed by atoms with Gasteiger partial charge in [0.2, 0.25) is 0 Å². The molecule has 1 aromatic rings. The van der Waals surface area contributed by atoms with Crippen LogP contribution in [0.15, 0.2) is 24.5 Å². The van der Waals surface area contributed by atoms with Gasteiger partial charge in [0.15, 0.2) is 0 Å². The van der Waals surface area contributed by atoms with Crippen molar-refractivity contribution in [2.24, 2.45) is 5.92 Å². The van der Waals surface area contributed by atoms with Crippen LogP contribution in [0.5, 0.6) is 0 Å². The van der Waals surface area contributed by atoms with Crippen molar-refractivity contribution in [3.05, 3.63) is 30.1 Å². The van der Waals surface area contributed by atoms with E-state index in [0.717, 1.165) is 26.1 Å². The summed E-state index contributed by atoms with van der Waals surface area (Å²) in [4.78, 5) is 6.89. The lowest BCUT2D eigenvalue weighted by molar-refractivity contribution is 0.0613. The lowest BCUT2D eigenvalue weighted by Crippen LogP contribution is -2.64. The second-order valence-electron chi connectivity index (χ2n) is 6.69. The molecule has 1 aliphatic rings. The van der Waals surface area contributed by atoms with Crippen LogP contribution in [0.4, 0.5) is 0 Å². The van der Waals surface area contributed by atoms with E-state index in [4.69, 9.17) is 0 Å². The highest BCUT2D eigenvalue weighted by molar-refractivity contribution is 5.09. The molecule has 2 rings (SSSR count). The highest BCUT2D eigenvalue weighted by Gasteiger charge is 2.35. The average Bonchev–Trinajstić information content (AvgIpc) is 2.46.